The first-order valence-electron chi connectivity index (χ1n) is 6.77. The lowest BCUT2D eigenvalue weighted by Gasteiger charge is -2.36. The molecule has 1 aromatic rings. The first kappa shape index (κ1) is 14.8. The Hall–Kier alpha value is 0.400. The Morgan fingerprint density at radius 1 is 1.00 bits per heavy atom. The molecule has 1 saturated heterocycles. The molecule has 0 spiro atoms. The third-order valence-corrected chi connectivity index (χ3v) is 7.38. The molecule has 1 aromatic carbocycles. The Kier molecular flexibility index (Phi) is 6.46. The van der Waals surface area contributed by atoms with Crippen molar-refractivity contribution in [1.82, 2.24) is 0 Å². The van der Waals surface area contributed by atoms with E-state index in [-0.39, 0.29) is 0 Å². The van der Waals surface area contributed by atoms with Crippen molar-refractivity contribution in [3.05, 3.63) is 35.9 Å². The Balaban J connectivity index is 2.03. The van der Waals surface area contributed by atoms with Gasteiger partial charge in [0.2, 0.25) is 0 Å². The number of benzene rings is 1. The number of unbranched alkanes of at least 4 members (excludes halogenated alkanes) is 2. The highest BCUT2D eigenvalue weighted by Gasteiger charge is 2.34. The number of rotatable bonds is 6. The molecule has 1 aliphatic heterocycles. The van der Waals surface area contributed by atoms with E-state index in [1.54, 1.807) is 0 Å². The number of hydrogen-bond acceptors (Lipinski definition) is 2. The van der Waals surface area contributed by atoms with Crippen LogP contribution in [0.15, 0.2) is 30.3 Å². The molecule has 0 amide bonds. The zero-order valence-electron chi connectivity index (χ0n) is 10.7. The molecule has 1 fully saturated rings. The standard InChI is InChI=1S/C15H21BrS2/c16-11-6-2-5-10-15(17-12-7-13-18-15)14-8-3-1-4-9-14/h1,3-4,8-9H,2,5-7,10-13H2. The molecule has 18 heavy (non-hydrogen) atoms. The second-order valence-electron chi connectivity index (χ2n) is 4.67. The van der Waals surface area contributed by atoms with Crippen LogP contribution in [0.3, 0.4) is 0 Å². The van der Waals surface area contributed by atoms with Crippen LogP contribution in [-0.2, 0) is 4.08 Å². The summed E-state index contributed by atoms with van der Waals surface area (Å²) in [6, 6.07) is 11.1. The lowest BCUT2D eigenvalue weighted by molar-refractivity contribution is 0.637. The first-order chi connectivity index (χ1) is 8.87. The van der Waals surface area contributed by atoms with E-state index in [1.165, 1.54) is 49.2 Å². The summed E-state index contributed by atoms with van der Waals surface area (Å²) in [6.07, 6.45) is 6.69. The molecule has 0 aliphatic carbocycles. The Morgan fingerprint density at radius 3 is 2.39 bits per heavy atom. The van der Waals surface area contributed by atoms with Gasteiger partial charge in [-0.3, -0.25) is 0 Å². The van der Waals surface area contributed by atoms with Crippen molar-refractivity contribution in [2.75, 3.05) is 16.8 Å². The number of alkyl halides is 1. The summed E-state index contributed by atoms with van der Waals surface area (Å²) in [7, 11) is 0. The fourth-order valence-electron chi connectivity index (χ4n) is 2.35. The van der Waals surface area contributed by atoms with Gasteiger partial charge in [-0.25, -0.2) is 0 Å². The van der Waals surface area contributed by atoms with Crippen LogP contribution < -0.4 is 0 Å². The van der Waals surface area contributed by atoms with Gasteiger partial charge in [-0.2, -0.15) is 0 Å². The molecule has 0 aromatic heterocycles. The number of halogens is 1. The van der Waals surface area contributed by atoms with Crippen molar-refractivity contribution < 1.29 is 0 Å². The molecule has 0 unspecified atom stereocenters. The maximum Gasteiger partial charge on any atom is 0.0860 e. The summed E-state index contributed by atoms with van der Waals surface area (Å²) in [5.41, 5.74) is 1.53. The van der Waals surface area contributed by atoms with Crippen LogP contribution in [0.2, 0.25) is 0 Å². The van der Waals surface area contributed by atoms with E-state index in [0.717, 1.165) is 5.33 Å². The van der Waals surface area contributed by atoms with Gasteiger partial charge in [-0.1, -0.05) is 59.1 Å². The molecule has 0 atom stereocenters. The predicted octanol–water partition coefficient (Wildman–Crippen LogP) is 5.66. The van der Waals surface area contributed by atoms with E-state index in [0.29, 0.717) is 4.08 Å². The molecule has 0 N–H and O–H groups in total. The van der Waals surface area contributed by atoms with Gasteiger partial charge in [-0.15, -0.1) is 23.5 Å². The summed E-state index contributed by atoms with van der Waals surface area (Å²) in [5, 5.41) is 1.14. The quantitative estimate of drug-likeness (QED) is 0.482. The van der Waals surface area contributed by atoms with Gasteiger partial charge in [0, 0.05) is 5.33 Å². The summed E-state index contributed by atoms with van der Waals surface area (Å²) in [6.45, 7) is 0. The second kappa shape index (κ2) is 7.86. The van der Waals surface area contributed by atoms with Crippen molar-refractivity contribution in [3.8, 4) is 0 Å². The van der Waals surface area contributed by atoms with E-state index in [1.807, 2.05) is 0 Å². The monoisotopic (exact) mass is 344 g/mol. The zero-order valence-corrected chi connectivity index (χ0v) is 14.0. The molecule has 3 heteroatoms. The zero-order chi connectivity index (χ0) is 12.7. The highest BCUT2D eigenvalue weighted by Crippen LogP contribution is 2.53. The van der Waals surface area contributed by atoms with Gasteiger partial charge in [0.25, 0.3) is 0 Å². The Bertz CT molecular complexity index is 334. The highest BCUT2D eigenvalue weighted by molar-refractivity contribution is 9.09. The number of thioether (sulfide) groups is 2. The maximum absolute atomic E-state index is 3.52. The molecular formula is C15H21BrS2. The van der Waals surface area contributed by atoms with Crippen LogP contribution in [0.5, 0.6) is 0 Å². The summed E-state index contributed by atoms with van der Waals surface area (Å²) in [5.74, 6) is 2.64. The molecule has 0 nitrogen and oxygen atoms in total. The van der Waals surface area contributed by atoms with Gasteiger partial charge in [0.1, 0.15) is 0 Å². The SMILES string of the molecule is BrCCCCCC1(c2ccccc2)SCCCS1. The van der Waals surface area contributed by atoms with Gasteiger partial charge >= 0.3 is 0 Å². The largest absolute Gasteiger partial charge is 0.139 e. The van der Waals surface area contributed by atoms with Gasteiger partial charge in [0.15, 0.2) is 0 Å². The summed E-state index contributed by atoms with van der Waals surface area (Å²) >= 11 is 7.87. The highest BCUT2D eigenvalue weighted by atomic mass is 79.9. The lowest BCUT2D eigenvalue weighted by atomic mass is 10.1. The van der Waals surface area contributed by atoms with Crippen LogP contribution in [0.1, 0.15) is 37.7 Å². The average Bonchev–Trinajstić information content (AvgIpc) is 2.46. The molecule has 0 radical (unpaired) electrons. The van der Waals surface area contributed by atoms with Crippen molar-refractivity contribution in [3.63, 3.8) is 0 Å². The molecule has 2 rings (SSSR count). The van der Waals surface area contributed by atoms with E-state index in [9.17, 15) is 0 Å². The minimum Gasteiger partial charge on any atom is -0.139 e. The van der Waals surface area contributed by atoms with Crippen LogP contribution >= 0.6 is 39.5 Å². The van der Waals surface area contributed by atoms with Gasteiger partial charge < -0.3 is 0 Å². The number of hydrogen-bond donors (Lipinski definition) is 0. The molecule has 100 valence electrons. The molecule has 0 saturated carbocycles. The average molecular weight is 345 g/mol. The van der Waals surface area contributed by atoms with Crippen LogP contribution in [-0.4, -0.2) is 16.8 Å². The second-order valence-corrected chi connectivity index (χ2v) is 8.51. The topological polar surface area (TPSA) is 0 Å². The van der Waals surface area contributed by atoms with E-state index < -0.39 is 0 Å². The van der Waals surface area contributed by atoms with Crippen LogP contribution in [0, 0.1) is 0 Å². The maximum atomic E-state index is 3.52. The summed E-state index contributed by atoms with van der Waals surface area (Å²) < 4.78 is 0.339. The van der Waals surface area contributed by atoms with Crippen LogP contribution in [0.25, 0.3) is 0 Å². The van der Waals surface area contributed by atoms with Crippen molar-refractivity contribution in [1.29, 1.82) is 0 Å². The van der Waals surface area contributed by atoms with Crippen molar-refractivity contribution >= 4 is 39.5 Å². The molecular weight excluding hydrogens is 324 g/mol. The van der Waals surface area contributed by atoms with E-state index in [4.69, 9.17) is 0 Å². The third-order valence-electron chi connectivity index (χ3n) is 3.31. The van der Waals surface area contributed by atoms with Crippen molar-refractivity contribution in [2.24, 2.45) is 0 Å². The molecule has 1 heterocycles. The minimum atomic E-state index is 0.339. The van der Waals surface area contributed by atoms with Gasteiger partial charge in [-0.05, 0) is 36.3 Å². The lowest BCUT2D eigenvalue weighted by Crippen LogP contribution is -2.22. The van der Waals surface area contributed by atoms with Crippen LogP contribution in [0.4, 0.5) is 0 Å². The smallest absolute Gasteiger partial charge is 0.0860 e. The minimum absolute atomic E-state index is 0.339. The summed E-state index contributed by atoms with van der Waals surface area (Å²) in [4.78, 5) is 0. The molecule has 0 bridgehead atoms. The van der Waals surface area contributed by atoms with Gasteiger partial charge in [0.05, 0.1) is 4.08 Å². The fourth-order valence-corrected chi connectivity index (χ4v) is 6.18. The van der Waals surface area contributed by atoms with E-state index >= 15 is 0 Å². The Labute approximate surface area is 128 Å². The van der Waals surface area contributed by atoms with E-state index in [2.05, 4.69) is 69.8 Å². The fraction of sp³-hybridized carbons (Fsp3) is 0.600. The van der Waals surface area contributed by atoms with Crippen molar-refractivity contribution in [2.45, 2.75) is 36.2 Å². The normalized spacial score (nSPS) is 18.7. The Morgan fingerprint density at radius 2 is 1.72 bits per heavy atom. The first-order valence-corrected chi connectivity index (χ1v) is 9.86. The molecule has 1 aliphatic rings. The predicted molar refractivity (Wildman–Crippen MR) is 89.9 cm³/mol. The third kappa shape index (κ3) is 3.94.